The zero-order valence-corrected chi connectivity index (χ0v) is 14.2. The van der Waals surface area contributed by atoms with Crippen LogP contribution in [-0.2, 0) is 0 Å². The highest BCUT2D eigenvalue weighted by molar-refractivity contribution is 9.10. The molecule has 2 rings (SSSR count). The van der Waals surface area contributed by atoms with E-state index in [9.17, 15) is 0 Å². The fourth-order valence-electron chi connectivity index (χ4n) is 1.87. The van der Waals surface area contributed by atoms with Crippen LogP contribution < -0.4 is 5.32 Å². The van der Waals surface area contributed by atoms with Crippen molar-refractivity contribution in [1.29, 1.82) is 0 Å². The Morgan fingerprint density at radius 3 is 2.63 bits per heavy atom. The second-order valence-electron chi connectivity index (χ2n) is 4.75. The van der Waals surface area contributed by atoms with Crippen LogP contribution in [0.5, 0.6) is 0 Å². The number of rotatable bonds is 4. The Balaban J connectivity index is 2.42. The van der Waals surface area contributed by atoms with Gasteiger partial charge in [0.1, 0.15) is 5.01 Å². The maximum Gasteiger partial charge on any atom is 0.114 e. The van der Waals surface area contributed by atoms with Crippen LogP contribution in [0.4, 0.5) is 0 Å². The molecule has 19 heavy (non-hydrogen) atoms. The molecule has 0 spiro atoms. The molecule has 0 aliphatic heterocycles. The first kappa shape index (κ1) is 15.0. The van der Waals surface area contributed by atoms with Crippen molar-refractivity contribution in [3.8, 4) is 0 Å². The molecule has 1 atom stereocenters. The Morgan fingerprint density at radius 1 is 1.37 bits per heavy atom. The van der Waals surface area contributed by atoms with Crippen LogP contribution in [0.1, 0.15) is 36.2 Å². The number of nitrogens with zero attached hydrogens (tertiary/aromatic N) is 1. The molecule has 1 aromatic heterocycles. The van der Waals surface area contributed by atoms with Crippen molar-refractivity contribution in [2.24, 2.45) is 0 Å². The molecular formula is C14H16BrClN2S. The third kappa shape index (κ3) is 3.78. The maximum absolute atomic E-state index is 6.01. The van der Waals surface area contributed by atoms with Gasteiger partial charge >= 0.3 is 0 Å². The summed E-state index contributed by atoms with van der Waals surface area (Å²) in [4.78, 5) is 4.61. The van der Waals surface area contributed by atoms with Gasteiger partial charge in [0, 0.05) is 26.6 Å². The molecule has 0 aliphatic rings. The van der Waals surface area contributed by atoms with Crippen molar-refractivity contribution >= 4 is 38.9 Å². The van der Waals surface area contributed by atoms with Gasteiger partial charge in [-0.2, -0.15) is 0 Å². The third-order valence-electron chi connectivity index (χ3n) is 2.66. The second kappa shape index (κ2) is 6.35. The van der Waals surface area contributed by atoms with Crippen molar-refractivity contribution in [3.63, 3.8) is 0 Å². The average molecular weight is 360 g/mol. The van der Waals surface area contributed by atoms with E-state index >= 15 is 0 Å². The van der Waals surface area contributed by atoms with Crippen molar-refractivity contribution < 1.29 is 0 Å². The molecule has 0 amide bonds. The summed E-state index contributed by atoms with van der Waals surface area (Å²) in [6, 6.07) is 6.34. The number of aromatic nitrogens is 1. The number of thiazole rings is 1. The highest BCUT2D eigenvalue weighted by Gasteiger charge is 2.20. The maximum atomic E-state index is 6.01. The highest BCUT2D eigenvalue weighted by atomic mass is 79.9. The van der Waals surface area contributed by atoms with Crippen molar-refractivity contribution in [1.82, 2.24) is 10.3 Å². The molecular weight excluding hydrogens is 344 g/mol. The van der Waals surface area contributed by atoms with E-state index in [0.29, 0.717) is 6.04 Å². The predicted octanol–water partition coefficient (Wildman–Crippen LogP) is 4.95. The molecule has 102 valence electrons. The van der Waals surface area contributed by atoms with Gasteiger partial charge in [-0.15, -0.1) is 11.3 Å². The van der Waals surface area contributed by atoms with E-state index in [0.717, 1.165) is 25.8 Å². The quantitative estimate of drug-likeness (QED) is 0.835. The van der Waals surface area contributed by atoms with Crippen LogP contribution >= 0.6 is 38.9 Å². The zero-order valence-electron chi connectivity index (χ0n) is 11.1. The van der Waals surface area contributed by atoms with Crippen molar-refractivity contribution in [2.45, 2.75) is 32.9 Å². The van der Waals surface area contributed by atoms with Crippen LogP contribution in [0.15, 0.2) is 28.1 Å². The van der Waals surface area contributed by atoms with Crippen molar-refractivity contribution in [2.75, 3.05) is 0 Å². The predicted molar refractivity (Wildman–Crippen MR) is 86.1 cm³/mol. The lowest BCUT2D eigenvalue weighted by atomic mass is 10.1. The number of hydrogen-bond acceptors (Lipinski definition) is 3. The van der Waals surface area contributed by atoms with Crippen molar-refractivity contribution in [3.05, 3.63) is 49.3 Å². The topological polar surface area (TPSA) is 24.9 Å². The lowest BCUT2D eigenvalue weighted by Crippen LogP contribution is -2.29. The summed E-state index contributed by atoms with van der Waals surface area (Å²) < 4.78 is 1.01. The average Bonchev–Trinajstić information content (AvgIpc) is 2.73. The molecule has 2 nitrogen and oxygen atoms in total. The van der Waals surface area contributed by atoms with Gasteiger partial charge in [0.05, 0.1) is 6.04 Å². The zero-order chi connectivity index (χ0) is 14.0. The van der Waals surface area contributed by atoms with Gasteiger partial charge in [-0.25, -0.2) is 4.98 Å². The molecule has 0 bridgehead atoms. The first-order valence-electron chi connectivity index (χ1n) is 6.10. The summed E-state index contributed by atoms with van der Waals surface area (Å²) in [7, 11) is 0. The third-order valence-corrected chi connectivity index (χ3v) is 4.61. The van der Waals surface area contributed by atoms with Gasteiger partial charge in [-0.05, 0) is 38.5 Å². The van der Waals surface area contributed by atoms with E-state index in [1.807, 2.05) is 25.1 Å². The summed E-state index contributed by atoms with van der Waals surface area (Å²) in [5.74, 6) is 0. The lowest BCUT2D eigenvalue weighted by molar-refractivity contribution is 0.525. The number of aryl methyl sites for hydroxylation is 1. The summed E-state index contributed by atoms with van der Waals surface area (Å²) in [6.45, 7) is 6.29. The summed E-state index contributed by atoms with van der Waals surface area (Å²) >= 11 is 11.3. The fraction of sp³-hybridized carbons (Fsp3) is 0.357. The molecule has 0 aliphatic carbocycles. The minimum atomic E-state index is 0.0883. The van der Waals surface area contributed by atoms with E-state index in [2.05, 4.69) is 45.5 Å². The van der Waals surface area contributed by atoms with Crippen LogP contribution in [-0.4, -0.2) is 11.0 Å². The van der Waals surface area contributed by atoms with Gasteiger partial charge in [0.25, 0.3) is 0 Å². The second-order valence-corrected chi connectivity index (χ2v) is 6.93. The fourth-order valence-corrected chi connectivity index (χ4v) is 3.65. The van der Waals surface area contributed by atoms with Gasteiger partial charge in [0.2, 0.25) is 0 Å². The minimum absolute atomic E-state index is 0.0883. The molecule has 0 saturated heterocycles. The van der Waals surface area contributed by atoms with E-state index < -0.39 is 0 Å². The molecule has 0 fully saturated rings. The lowest BCUT2D eigenvalue weighted by Gasteiger charge is -2.21. The number of benzene rings is 1. The Bertz CT molecular complexity index is 568. The number of halogens is 2. The molecule has 1 heterocycles. The summed E-state index contributed by atoms with van der Waals surface area (Å²) in [6.07, 6.45) is 0. The molecule has 0 radical (unpaired) electrons. The van der Waals surface area contributed by atoms with Crippen LogP contribution in [0.3, 0.4) is 0 Å². The van der Waals surface area contributed by atoms with Gasteiger partial charge in [0.15, 0.2) is 0 Å². The van der Waals surface area contributed by atoms with E-state index in [1.165, 1.54) is 0 Å². The number of hydrogen-bond donors (Lipinski definition) is 1. The van der Waals surface area contributed by atoms with E-state index in [1.54, 1.807) is 11.3 Å². The van der Waals surface area contributed by atoms with Crippen LogP contribution in [0.2, 0.25) is 5.02 Å². The SMILES string of the molecule is Cc1csc(C(NC(C)C)c2ccc(Cl)cc2Br)n1. The van der Waals surface area contributed by atoms with E-state index in [4.69, 9.17) is 11.6 Å². The standard InChI is InChI=1S/C14H16BrClN2S/c1-8(2)17-13(14-18-9(3)7-19-14)11-5-4-10(16)6-12(11)15/h4-8,13,17H,1-3H3. The van der Waals surface area contributed by atoms with Gasteiger partial charge < -0.3 is 5.32 Å². The molecule has 5 heteroatoms. The summed E-state index contributed by atoms with van der Waals surface area (Å²) in [5.41, 5.74) is 2.22. The minimum Gasteiger partial charge on any atom is -0.302 e. The first-order valence-corrected chi connectivity index (χ1v) is 8.15. The molecule has 0 saturated carbocycles. The van der Waals surface area contributed by atoms with Gasteiger partial charge in [-0.1, -0.05) is 33.6 Å². The van der Waals surface area contributed by atoms with E-state index in [-0.39, 0.29) is 6.04 Å². The molecule has 2 aromatic rings. The Labute approximate surface area is 131 Å². The molecule has 1 unspecified atom stereocenters. The highest BCUT2D eigenvalue weighted by Crippen LogP contribution is 2.32. The largest absolute Gasteiger partial charge is 0.302 e. The van der Waals surface area contributed by atoms with Gasteiger partial charge in [-0.3, -0.25) is 0 Å². The Morgan fingerprint density at radius 2 is 2.11 bits per heavy atom. The Kier molecular flexibility index (Phi) is 5.01. The molecule has 1 N–H and O–H groups in total. The monoisotopic (exact) mass is 358 g/mol. The molecule has 1 aromatic carbocycles. The normalized spacial score (nSPS) is 12.9. The Hall–Kier alpha value is -0.420. The summed E-state index contributed by atoms with van der Waals surface area (Å²) in [5, 5.41) is 7.45. The van der Waals surface area contributed by atoms with Crippen LogP contribution in [0, 0.1) is 6.92 Å². The first-order chi connectivity index (χ1) is 8.97. The smallest absolute Gasteiger partial charge is 0.114 e. The van der Waals surface area contributed by atoms with Crippen LogP contribution in [0.25, 0.3) is 0 Å². The number of nitrogens with one attached hydrogen (secondary N) is 1.